The lowest BCUT2D eigenvalue weighted by Gasteiger charge is -2.20. The molecule has 4 N–H and O–H groups in total. The third-order valence-corrected chi connectivity index (χ3v) is 9.41. The predicted molar refractivity (Wildman–Crippen MR) is 196 cm³/mol. The normalized spacial score (nSPS) is 12.8. The van der Waals surface area contributed by atoms with Crippen LogP contribution in [-0.4, -0.2) is 20.4 Å². The molecule has 0 atom stereocenters. The maximum absolute atomic E-state index is 10.2. The van der Waals surface area contributed by atoms with E-state index < -0.39 is 0 Å². The largest absolute Gasteiger partial charge is 0.508 e. The van der Waals surface area contributed by atoms with Crippen LogP contribution in [0.25, 0.3) is 65.0 Å². The summed E-state index contributed by atoms with van der Waals surface area (Å²) in [4.78, 5) is 0. The van der Waals surface area contributed by atoms with Gasteiger partial charge in [0, 0.05) is 5.41 Å². The number of benzene rings is 8. The van der Waals surface area contributed by atoms with Crippen molar-refractivity contribution in [2.45, 2.75) is 33.1 Å². The Morgan fingerprint density at radius 2 is 0.638 bits per heavy atom. The van der Waals surface area contributed by atoms with Crippen molar-refractivity contribution in [3.8, 4) is 34.1 Å². The molecule has 0 heterocycles. The van der Waals surface area contributed by atoms with Gasteiger partial charge in [-0.05, 0) is 125 Å². The fraction of sp³-hybridized carbons (Fsp3) is 0.116. The maximum Gasteiger partial charge on any atom is 0.116 e. The fourth-order valence-electron chi connectivity index (χ4n) is 7.39. The molecule has 0 saturated carbocycles. The molecule has 9 rings (SSSR count). The first-order chi connectivity index (χ1) is 22.7. The van der Waals surface area contributed by atoms with E-state index in [1.807, 2.05) is 38.1 Å². The predicted octanol–water partition coefficient (Wildman–Crippen LogP) is 11.3. The highest BCUT2D eigenvalue weighted by molar-refractivity contribution is 6.39. The number of rotatable bonds is 0. The average molecular weight is 617 g/mol. The summed E-state index contributed by atoms with van der Waals surface area (Å²) in [7, 11) is 0. The summed E-state index contributed by atoms with van der Waals surface area (Å²) in [6.07, 6.45) is 0. The van der Waals surface area contributed by atoms with Crippen molar-refractivity contribution in [1.82, 2.24) is 0 Å². The van der Waals surface area contributed by atoms with Gasteiger partial charge in [0.15, 0.2) is 0 Å². The summed E-state index contributed by atoms with van der Waals surface area (Å²) in [5, 5.41) is 49.7. The van der Waals surface area contributed by atoms with Crippen LogP contribution in [0.2, 0.25) is 0 Å². The van der Waals surface area contributed by atoms with Crippen molar-refractivity contribution in [2.24, 2.45) is 0 Å². The standard InChI is InChI=1S/C26H16O4.C15H14.C2H6/c27-13-1-5-17-21(9-13)22-10-14(28)3-7-19(22)26-20-8-4-16(30)12-24(20)23-11-15(29)2-6-18(23)25(17)26;1-15(2)13-9-5-3-7-11(13)12-8-4-6-10-14(12)15;1-2/h1-12,27-30H;3-10H,1-2H3;1-2H3. The Labute approximate surface area is 273 Å². The summed E-state index contributed by atoms with van der Waals surface area (Å²) in [6.45, 7) is 8.61. The third-order valence-electron chi connectivity index (χ3n) is 9.41. The monoisotopic (exact) mass is 616 g/mol. The highest BCUT2D eigenvalue weighted by atomic mass is 16.3. The van der Waals surface area contributed by atoms with Gasteiger partial charge in [0.1, 0.15) is 23.0 Å². The zero-order chi connectivity index (χ0) is 33.0. The van der Waals surface area contributed by atoms with Gasteiger partial charge in [-0.25, -0.2) is 0 Å². The van der Waals surface area contributed by atoms with E-state index in [1.54, 1.807) is 48.5 Å². The topological polar surface area (TPSA) is 80.9 Å². The van der Waals surface area contributed by atoms with Crippen LogP contribution < -0.4 is 0 Å². The molecule has 0 bridgehead atoms. The lowest BCUT2D eigenvalue weighted by atomic mass is 9.82. The Kier molecular flexibility index (Phi) is 7.17. The molecule has 0 unspecified atom stereocenters. The Morgan fingerprint density at radius 3 is 0.936 bits per heavy atom. The Hall–Kier alpha value is -5.74. The molecule has 1 aliphatic carbocycles. The van der Waals surface area contributed by atoms with E-state index in [0.717, 1.165) is 53.9 Å². The van der Waals surface area contributed by atoms with Gasteiger partial charge in [-0.15, -0.1) is 0 Å². The number of phenolic OH excluding ortho intramolecular Hbond substituents is 4. The molecule has 4 heteroatoms. The van der Waals surface area contributed by atoms with E-state index >= 15 is 0 Å². The quantitative estimate of drug-likeness (QED) is 0.128. The van der Waals surface area contributed by atoms with E-state index in [4.69, 9.17) is 0 Å². The van der Waals surface area contributed by atoms with Crippen LogP contribution in [0.15, 0.2) is 121 Å². The minimum atomic E-state index is 0.152. The van der Waals surface area contributed by atoms with E-state index in [9.17, 15) is 20.4 Å². The molecule has 0 spiro atoms. The third kappa shape index (κ3) is 4.68. The van der Waals surface area contributed by atoms with Gasteiger partial charge in [-0.2, -0.15) is 0 Å². The van der Waals surface area contributed by atoms with Gasteiger partial charge < -0.3 is 20.4 Å². The van der Waals surface area contributed by atoms with Gasteiger partial charge >= 0.3 is 0 Å². The first-order valence-electron chi connectivity index (χ1n) is 16.0. The van der Waals surface area contributed by atoms with Gasteiger partial charge in [0.25, 0.3) is 0 Å². The van der Waals surface area contributed by atoms with Crippen molar-refractivity contribution in [2.75, 3.05) is 0 Å². The minimum Gasteiger partial charge on any atom is -0.508 e. The number of aromatic hydroxyl groups is 4. The van der Waals surface area contributed by atoms with Crippen LogP contribution in [0.3, 0.4) is 0 Å². The van der Waals surface area contributed by atoms with Crippen molar-refractivity contribution in [3.05, 3.63) is 132 Å². The molecule has 8 aromatic rings. The van der Waals surface area contributed by atoms with Crippen LogP contribution in [0.4, 0.5) is 0 Å². The molecule has 0 radical (unpaired) electrons. The first-order valence-corrected chi connectivity index (χ1v) is 16.0. The number of hydrogen-bond acceptors (Lipinski definition) is 4. The second-order valence-corrected chi connectivity index (χ2v) is 12.4. The molecule has 232 valence electrons. The van der Waals surface area contributed by atoms with E-state index in [-0.39, 0.29) is 28.4 Å². The number of phenols is 4. The van der Waals surface area contributed by atoms with Gasteiger partial charge in [-0.3, -0.25) is 0 Å². The van der Waals surface area contributed by atoms with E-state index in [2.05, 4.69) is 62.4 Å². The van der Waals surface area contributed by atoms with Crippen LogP contribution in [0.1, 0.15) is 38.8 Å². The van der Waals surface area contributed by atoms with E-state index in [0.29, 0.717) is 0 Å². The zero-order valence-electron chi connectivity index (χ0n) is 26.8. The molecule has 0 aliphatic heterocycles. The van der Waals surface area contributed by atoms with E-state index in [1.165, 1.54) is 22.3 Å². The van der Waals surface area contributed by atoms with Crippen molar-refractivity contribution in [3.63, 3.8) is 0 Å². The maximum atomic E-state index is 10.2. The van der Waals surface area contributed by atoms with Crippen LogP contribution in [0, 0.1) is 0 Å². The number of hydrogen-bond donors (Lipinski definition) is 4. The summed E-state index contributed by atoms with van der Waals surface area (Å²) in [5.41, 5.74) is 5.86. The highest BCUT2D eigenvalue weighted by Crippen LogP contribution is 2.48. The molecule has 0 fully saturated rings. The molecular weight excluding hydrogens is 580 g/mol. The first kappa shape index (κ1) is 29.9. The van der Waals surface area contributed by atoms with Gasteiger partial charge in [0.05, 0.1) is 0 Å². The van der Waals surface area contributed by atoms with Crippen LogP contribution in [-0.2, 0) is 5.41 Å². The summed E-state index contributed by atoms with van der Waals surface area (Å²) in [6, 6.07) is 38.5. The zero-order valence-corrected chi connectivity index (χ0v) is 26.8. The molecule has 1 aliphatic rings. The smallest absolute Gasteiger partial charge is 0.116 e. The minimum absolute atomic E-state index is 0.152. The van der Waals surface area contributed by atoms with Crippen molar-refractivity contribution < 1.29 is 20.4 Å². The van der Waals surface area contributed by atoms with Crippen LogP contribution >= 0.6 is 0 Å². The molecule has 0 saturated heterocycles. The van der Waals surface area contributed by atoms with Crippen LogP contribution in [0.5, 0.6) is 23.0 Å². The van der Waals surface area contributed by atoms with Gasteiger partial charge in [-0.1, -0.05) is 100 Å². The Morgan fingerprint density at radius 1 is 0.362 bits per heavy atom. The van der Waals surface area contributed by atoms with Crippen molar-refractivity contribution >= 4 is 53.9 Å². The summed E-state index contributed by atoms with van der Waals surface area (Å²) >= 11 is 0. The lowest BCUT2D eigenvalue weighted by molar-refractivity contribution is 0.475. The number of fused-ring (bicyclic) bond motifs is 14. The molecular formula is C43H36O4. The summed E-state index contributed by atoms with van der Waals surface area (Å²) < 4.78 is 0. The second-order valence-electron chi connectivity index (χ2n) is 12.4. The molecule has 8 aromatic carbocycles. The molecule has 47 heavy (non-hydrogen) atoms. The molecule has 0 amide bonds. The molecule has 0 aromatic heterocycles. The highest BCUT2D eigenvalue weighted by Gasteiger charge is 2.34. The fourth-order valence-corrected chi connectivity index (χ4v) is 7.39. The average Bonchev–Trinajstić information content (AvgIpc) is 3.32. The van der Waals surface area contributed by atoms with Crippen molar-refractivity contribution in [1.29, 1.82) is 0 Å². The Bertz CT molecular complexity index is 2210. The Balaban J connectivity index is 0.000000173. The van der Waals surface area contributed by atoms with Gasteiger partial charge in [0.2, 0.25) is 0 Å². The SMILES string of the molecule is CC.CC1(C)c2ccccc2-c2ccccc21.Oc1ccc2c(c1)c1cc(O)ccc1c1c3ccc(O)cc3c3cc(O)ccc3c21. The summed E-state index contributed by atoms with van der Waals surface area (Å²) in [5.74, 6) is 0.608. The molecule has 4 nitrogen and oxygen atoms in total. The second kappa shape index (κ2) is 11.3. The lowest BCUT2D eigenvalue weighted by Crippen LogP contribution is -2.14.